The monoisotopic (exact) mass is 125 g/mol. The Morgan fingerprint density at radius 3 is 2.78 bits per heavy atom. The summed E-state index contributed by atoms with van der Waals surface area (Å²) in [5, 5.41) is 0. The Morgan fingerprint density at radius 1 is 1.67 bits per heavy atom. The van der Waals surface area contributed by atoms with Gasteiger partial charge in [0.2, 0.25) is 0 Å². The molecule has 1 aliphatic rings. The van der Waals surface area contributed by atoms with Crippen LogP contribution < -0.4 is 0 Å². The van der Waals surface area contributed by atoms with Gasteiger partial charge in [0.1, 0.15) is 0 Å². The molecule has 0 aromatic carbocycles. The van der Waals surface area contributed by atoms with E-state index in [1.807, 2.05) is 0 Å². The summed E-state index contributed by atoms with van der Waals surface area (Å²) in [6.45, 7) is 6.43. The van der Waals surface area contributed by atoms with Gasteiger partial charge in [-0.1, -0.05) is 25.5 Å². The molecule has 9 heavy (non-hydrogen) atoms. The number of allylic oxidation sites excluding steroid dienone is 2. The van der Waals surface area contributed by atoms with Gasteiger partial charge in [-0.3, -0.25) is 0 Å². The Labute approximate surface area is 59.4 Å². The highest BCUT2D eigenvalue weighted by Gasteiger charge is 2.20. The summed E-state index contributed by atoms with van der Waals surface area (Å²) in [4.78, 5) is 0. The molecule has 0 aromatic rings. The maximum absolute atomic E-state index is 7.81. The molecule has 1 rings (SSSR count). The van der Waals surface area contributed by atoms with Crippen molar-refractivity contribution in [2.45, 2.75) is 40.0 Å². The topological polar surface area (TPSA) is 0 Å². The average molecular weight is 125 g/mol. The van der Waals surface area contributed by atoms with Crippen molar-refractivity contribution in [3.05, 3.63) is 11.6 Å². The minimum Gasteiger partial charge on any atom is -0.0856 e. The van der Waals surface area contributed by atoms with Crippen LogP contribution in [0, 0.1) is 5.41 Å². The number of hydrogen-bond donors (Lipinski definition) is 0. The van der Waals surface area contributed by atoms with Crippen LogP contribution in [0.15, 0.2) is 11.6 Å². The van der Waals surface area contributed by atoms with E-state index in [9.17, 15) is 0 Å². The van der Waals surface area contributed by atoms with Crippen molar-refractivity contribution in [2.24, 2.45) is 5.41 Å². The third-order valence-electron chi connectivity index (χ3n) is 1.87. The molecule has 1 aliphatic carbocycles. The molecule has 52 valence electrons. The summed E-state index contributed by atoms with van der Waals surface area (Å²) >= 11 is 0. The van der Waals surface area contributed by atoms with E-state index in [4.69, 9.17) is 1.37 Å². The maximum atomic E-state index is 7.81. The van der Waals surface area contributed by atoms with Gasteiger partial charge >= 0.3 is 0 Å². The van der Waals surface area contributed by atoms with E-state index in [1.54, 1.807) is 0 Å². The highest BCUT2D eigenvalue weighted by molar-refractivity contribution is 5.05. The van der Waals surface area contributed by atoms with Crippen LogP contribution in [-0.4, -0.2) is 0 Å². The van der Waals surface area contributed by atoms with Crippen LogP contribution in [0.2, 0.25) is 0 Å². The van der Waals surface area contributed by atoms with E-state index in [1.165, 1.54) is 12.0 Å². The predicted octanol–water partition coefficient (Wildman–Crippen LogP) is 3.14. The van der Waals surface area contributed by atoms with E-state index in [0.717, 1.165) is 6.42 Å². The molecule has 0 amide bonds. The lowest BCUT2D eigenvalue weighted by atomic mass is 9.78. The van der Waals surface area contributed by atoms with Gasteiger partial charge in [0.05, 0.1) is 0 Å². The normalized spacial score (nSPS) is 35.2. The largest absolute Gasteiger partial charge is 0.0856 e. The molecular weight excluding hydrogens is 108 g/mol. The fourth-order valence-corrected chi connectivity index (χ4v) is 1.42. The van der Waals surface area contributed by atoms with Crippen molar-refractivity contribution >= 4 is 0 Å². The third-order valence-corrected chi connectivity index (χ3v) is 1.87. The van der Waals surface area contributed by atoms with Gasteiger partial charge in [-0.2, -0.15) is 0 Å². The zero-order chi connectivity index (χ0) is 7.78. The van der Waals surface area contributed by atoms with Crippen LogP contribution in [0.25, 0.3) is 0 Å². The van der Waals surface area contributed by atoms with Crippen LogP contribution in [-0.2, 0) is 0 Å². The van der Waals surface area contributed by atoms with Crippen molar-refractivity contribution in [3.63, 3.8) is 0 Å². The second-order valence-electron chi connectivity index (χ2n) is 3.62. The van der Waals surface area contributed by atoms with Crippen molar-refractivity contribution in [1.29, 1.82) is 0 Å². The SMILES string of the molecule is [2H]C1C(C)=CCCC1(C)C. The van der Waals surface area contributed by atoms with Crippen LogP contribution in [0.5, 0.6) is 0 Å². The van der Waals surface area contributed by atoms with Gasteiger partial charge in [-0.25, -0.2) is 0 Å². The Morgan fingerprint density at radius 2 is 2.33 bits per heavy atom. The highest BCUT2D eigenvalue weighted by atomic mass is 14.2. The molecule has 0 aromatic heterocycles. The molecule has 0 saturated heterocycles. The first-order valence-electron chi connectivity index (χ1n) is 4.21. The molecule has 0 nitrogen and oxygen atoms in total. The first-order chi connectivity index (χ1) is 4.54. The number of rotatable bonds is 0. The molecule has 0 fully saturated rings. The Bertz CT molecular complexity index is 156. The van der Waals surface area contributed by atoms with Crippen LogP contribution in [0.3, 0.4) is 0 Å². The summed E-state index contributed by atoms with van der Waals surface area (Å²) in [5.74, 6) is 0. The summed E-state index contributed by atoms with van der Waals surface area (Å²) in [6.07, 6.45) is 4.55. The Kier molecular flexibility index (Phi) is 1.33. The molecule has 0 N–H and O–H groups in total. The summed E-state index contributed by atoms with van der Waals surface area (Å²) in [6, 6.07) is 0. The van der Waals surface area contributed by atoms with Crippen molar-refractivity contribution < 1.29 is 1.37 Å². The van der Waals surface area contributed by atoms with Gasteiger partial charge in [0.25, 0.3) is 0 Å². The summed E-state index contributed by atoms with van der Waals surface area (Å²) < 4.78 is 7.81. The zero-order valence-electron chi connectivity index (χ0n) is 7.57. The fourth-order valence-electron chi connectivity index (χ4n) is 1.42. The standard InChI is InChI=1S/C9H16/c1-8-5-4-6-9(2,3)7-8/h5H,4,6-7H2,1-3H3/i7D. The van der Waals surface area contributed by atoms with Gasteiger partial charge in [-0.15, -0.1) is 0 Å². The zero-order valence-corrected chi connectivity index (χ0v) is 6.57. The van der Waals surface area contributed by atoms with E-state index in [-0.39, 0.29) is 11.8 Å². The molecule has 0 heteroatoms. The summed E-state index contributed by atoms with van der Waals surface area (Å²) in [7, 11) is 0. The molecular formula is C9H16. The van der Waals surface area contributed by atoms with Crippen molar-refractivity contribution in [3.8, 4) is 0 Å². The average Bonchev–Trinajstić information content (AvgIpc) is 1.83. The number of hydrogen-bond acceptors (Lipinski definition) is 0. The highest BCUT2D eigenvalue weighted by Crippen LogP contribution is 2.34. The maximum Gasteiger partial charge on any atom is 0.0318 e. The van der Waals surface area contributed by atoms with Gasteiger partial charge in [0.15, 0.2) is 0 Å². The molecule has 0 saturated carbocycles. The summed E-state index contributed by atoms with van der Waals surface area (Å²) in [5.41, 5.74) is 1.45. The molecule has 0 radical (unpaired) electrons. The lowest BCUT2D eigenvalue weighted by molar-refractivity contribution is 0.320. The van der Waals surface area contributed by atoms with Crippen LogP contribution in [0.1, 0.15) is 41.4 Å². The second kappa shape index (κ2) is 2.17. The van der Waals surface area contributed by atoms with Crippen molar-refractivity contribution in [1.82, 2.24) is 0 Å². The molecule has 0 aliphatic heterocycles. The first kappa shape index (κ1) is 5.52. The lowest BCUT2D eigenvalue weighted by Gasteiger charge is -2.28. The van der Waals surface area contributed by atoms with E-state index in [2.05, 4.69) is 26.8 Å². The lowest BCUT2D eigenvalue weighted by Crippen LogP contribution is -2.14. The van der Waals surface area contributed by atoms with Crippen molar-refractivity contribution in [2.75, 3.05) is 0 Å². The minimum absolute atomic E-state index is 0.0289. The molecule has 0 spiro atoms. The molecule has 1 atom stereocenters. The molecule has 0 heterocycles. The smallest absolute Gasteiger partial charge is 0.0318 e. The molecule has 0 bridgehead atoms. The third kappa shape index (κ3) is 1.85. The van der Waals surface area contributed by atoms with Gasteiger partial charge in [0, 0.05) is 1.37 Å². The fraction of sp³-hybridized carbons (Fsp3) is 0.778. The predicted molar refractivity (Wildman–Crippen MR) is 41.4 cm³/mol. The Hall–Kier alpha value is -0.260. The van der Waals surface area contributed by atoms with E-state index < -0.39 is 0 Å². The quantitative estimate of drug-likeness (QED) is 0.436. The first-order valence-corrected chi connectivity index (χ1v) is 3.63. The molecule has 1 unspecified atom stereocenters. The van der Waals surface area contributed by atoms with E-state index in [0.29, 0.717) is 0 Å². The van der Waals surface area contributed by atoms with E-state index >= 15 is 0 Å². The van der Waals surface area contributed by atoms with Gasteiger partial charge < -0.3 is 0 Å². The Balaban J connectivity index is 2.78. The second-order valence-corrected chi connectivity index (χ2v) is 3.62. The van der Waals surface area contributed by atoms with Crippen LogP contribution >= 0.6 is 0 Å². The van der Waals surface area contributed by atoms with Gasteiger partial charge in [-0.05, 0) is 31.6 Å². The minimum atomic E-state index is 0.0289. The van der Waals surface area contributed by atoms with Crippen LogP contribution in [0.4, 0.5) is 0 Å².